The van der Waals surface area contributed by atoms with Crippen molar-refractivity contribution in [2.75, 3.05) is 0 Å². The van der Waals surface area contributed by atoms with Crippen LogP contribution in [0, 0.1) is 0 Å². The zero-order valence-corrected chi connectivity index (χ0v) is 10.8. The fraction of sp³-hybridized carbons (Fsp3) is 0. The SMILES string of the molecule is O=C(O)C(=NOC(=O)c1ccccc1)c1cccc(O)c1. The van der Waals surface area contributed by atoms with Crippen molar-refractivity contribution in [1.29, 1.82) is 0 Å². The van der Waals surface area contributed by atoms with E-state index >= 15 is 0 Å². The second kappa shape index (κ2) is 6.33. The molecule has 21 heavy (non-hydrogen) atoms. The van der Waals surface area contributed by atoms with E-state index in [0.29, 0.717) is 0 Å². The highest BCUT2D eigenvalue weighted by Gasteiger charge is 2.16. The zero-order chi connectivity index (χ0) is 15.2. The van der Waals surface area contributed by atoms with Crippen molar-refractivity contribution in [2.45, 2.75) is 0 Å². The molecule has 6 heteroatoms. The van der Waals surface area contributed by atoms with E-state index in [2.05, 4.69) is 9.99 Å². The first-order valence-corrected chi connectivity index (χ1v) is 5.95. The number of oxime groups is 1. The van der Waals surface area contributed by atoms with Crippen LogP contribution in [-0.2, 0) is 9.63 Å². The number of phenols is 1. The van der Waals surface area contributed by atoms with Gasteiger partial charge >= 0.3 is 11.9 Å². The molecule has 0 aliphatic carbocycles. The van der Waals surface area contributed by atoms with Crippen molar-refractivity contribution >= 4 is 17.7 Å². The Morgan fingerprint density at radius 1 is 0.952 bits per heavy atom. The lowest BCUT2D eigenvalue weighted by Crippen LogP contribution is -2.16. The van der Waals surface area contributed by atoms with Crippen molar-refractivity contribution in [3.63, 3.8) is 0 Å². The van der Waals surface area contributed by atoms with E-state index < -0.39 is 17.7 Å². The van der Waals surface area contributed by atoms with Gasteiger partial charge in [-0.1, -0.05) is 35.5 Å². The van der Waals surface area contributed by atoms with Gasteiger partial charge in [-0.15, -0.1) is 0 Å². The Bertz CT molecular complexity index is 694. The Hall–Kier alpha value is -3.15. The summed E-state index contributed by atoms with van der Waals surface area (Å²) in [7, 11) is 0. The first kappa shape index (κ1) is 14.3. The molecule has 0 radical (unpaired) electrons. The minimum Gasteiger partial charge on any atom is -0.508 e. The number of carbonyl (C=O) groups excluding carboxylic acids is 1. The molecule has 0 spiro atoms. The van der Waals surface area contributed by atoms with Crippen molar-refractivity contribution < 1.29 is 24.6 Å². The van der Waals surface area contributed by atoms with Gasteiger partial charge in [0.1, 0.15) is 5.75 Å². The number of nitrogens with zero attached hydrogens (tertiary/aromatic N) is 1. The van der Waals surface area contributed by atoms with Crippen molar-refractivity contribution in [3.8, 4) is 5.75 Å². The highest BCUT2D eigenvalue weighted by Crippen LogP contribution is 2.12. The Morgan fingerprint density at radius 2 is 1.62 bits per heavy atom. The number of hydrogen-bond acceptors (Lipinski definition) is 5. The van der Waals surface area contributed by atoms with Crippen LogP contribution < -0.4 is 0 Å². The van der Waals surface area contributed by atoms with Crippen LogP contribution in [0.1, 0.15) is 15.9 Å². The summed E-state index contributed by atoms with van der Waals surface area (Å²) in [5, 5.41) is 21.8. The summed E-state index contributed by atoms with van der Waals surface area (Å²) in [6.45, 7) is 0. The monoisotopic (exact) mass is 285 g/mol. The maximum absolute atomic E-state index is 11.7. The van der Waals surface area contributed by atoms with Gasteiger partial charge in [0.15, 0.2) is 5.71 Å². The number of benzene rings is 2. The smallest absolute Gasteiger partial charge is 0.365 e. The third kappa shape index (κ3) is 3.66. The highest BCUT2D eigenvalue weighted by atomic mass is 16.7. The molecule has 0 aromatic heterocycles. The molecule has 0 saturated carbocycles. The van der Waals surface area contributed by atoms with E-state index in [1.54, 1.807) is 18.2 Å². The van der Waals surface area contributed by atoms with Crippen molar-refractivity contribution in [3.05, 3.63) is 65.7 Å². The Labute approximate surface area is 119 Å². The molecule has 0 unspecified atom stereocenters. The lowest BCUT2D eigenvalue weighted by molar-refractivity contribution is -0.129. The van der Waals surface area contributed by atoms with Crippen LogP contribution in [0.15, 0.2) is 59.8 Å². The summed E-state index contributed by atoms with van der Waals surface area (Å²) in [5.74, 6) is -2.26. The van der Waals surface area contributed by atoms with Crippen LogP contribution in [0.5, 0.6) is 5.75 Å². The molecule has 0 aliphatic rings. The number of carboxylic acids is 1. The number of aromatic hydroxyl groups is 1. The standard InChI is InChI=1S/C15H11NO5/c17-12-8-4-7-11(9-12)13(14(18)19)16-21-15(20)10-5-2-1-3-6-10/h1-9,17H,(H,18,19). The second-order valence-corrected chi connectivity index (χ2v) is 4.04. The molecule has 2 aromatic rings. The van der Waals surface area contributed by atoms with Crippen LogP contribution in [0.2, 0.25) is 0 Å². The second-order valence-electron chi connectivity index (χ2n) is 4.04. The molecule has 6 nitrogen and oxygen atoms in total. The van der Waals surface area contributed by atoms with E-state index in [0.717, 1.165) is 0 Å². The third-order valence-electron chi connectivity index (χ3n) is 2.55. The Morgan fingerprint density at radius 3 is 2.24 bits per heavy atom. The number of rotatable bonds is 4. The predicted octanol–water partition coefficient (Wildman–Crippen LogP) is 2.04. The predicted molar refractivity (Wildman–Crippen MR) is 74.1 cm³/mol. The average molecular weight is 285 g/mol. The van der Waals surface area contributed by atoms with E-state index in [4.69, 9.17) is 5.11 Å². The number of carbonyl (C=O) groups is 2. The Kier molecular flexibility index (Phi) is 4.30. The highest BCUT2D eigenvalue weighted by molar-refractivity contribution is 6.42. The molecule has 2 aromatic carbocycles. The molecule has 0 saturated heterocycles. The van der Waals surface area contributed by atoms with Crippen LogP contribution in [0.25, 0.3) is 0 Å². The summed E-state index contributed by atoms with van der Waals surface area (Å²) in [6, 6.07) is 13.6. The first-order chi connectivity index (χ1) is 10.1. The van der Waals surface area contributed by atoms with Gasteiger partial charge in [0.05, 0.1) is 5.56 Å². The molecule has 0 heterocycles. The molecule has 0 bridgehead atoms. The van der Waals surface area contributed by atoms with Crippen molar-refractivity contribution in [1.82, 2.24) is 0 Å². The average Bonchev–Trinajstić information content (AvgIpc) is 2.48. The van der Waals surface area contributed by atoms with Crippen LogP contribution >= 0.6 is 0 Å². The van der Waals surface area contributed by atoms with Crippen LogP contribution in [0.3, 0.4) is 0 Å². The van der Waals surface area contributed by atoms with Gasteiger partial charge in [0.2, 0.25) is 0 Å². The van der Waals surface area contributed by atoms with Gasteiger partial charge in [-0.2, -0.15) is 0 Å². The minimum absolute atomic E-state index is 0.115. The van der Waals surface area contributed by atoms with Gasteiger partial charge in [0, 0.05) is 5.56 Å². The van der Waals surface area contributed by atoms with Gasteiger partial charge in [-0.05, 0) is 24.3 Å². The fourth-order valence-electron chi connectivity index (χ4n) is 1.58. The molecule has 0 fully saturated rings. The van der Waals surface area contributed by atoms with E-state index in [9.17, 15) is 14.7 Å². The van der Waals surface area contributed by atoms with E-state index in [-0.39, 0.29) is 16.9 Å². The van der Waals surface area contributed by atoms with Gasteiger partial charge in [0.25, 0.3) is 0 Å². The number of phenolic OH excluding ortho intramolecular Hbond substituents is 1. The normalized spacial score (nSPS) is 11.0. The molecular weight excluding hydrogens is 274 g/mol. The maximum Gasteiger partial charge on any atom is 0.365 e. The quantitative estimate of drug-likeness (QED) is 0.509. The molecular formula is C15H11NO5. The molecule has 0 atom stereocenters. The lowest BCUT2D eigenvalue weighted by atomic mass is 10.1. The fourth-order valence-corrected chi connectivity index (χ4v) is 1.58. The molecule has 0 amide bonds. The summed E-state index contributed by atoms with van der Waals surface area (Å²) in [6.07, 6.45) is 0. The van der Waals surface area contributed by atoms with Crippen LogP contribution in [0.4, 0.5) is 0 Å². The zero-order valence-electron chi connectivity index (χ0n) is 10.8. The maximum atomic E-state index is 11.7. The van der Waals surface area contributed by atoms with E-state index in [1.165, 1.54) is 36.4 Å². The first-order valence-electron chi connectivity index (χ1n) is 5.95. The van der Waals surface area contributed by atoms with Crippen molar-refractivity contribution in [2.24, 2.45) is 5.16 Å². The molecule has 2 rings (SSSR count). The molecule has 106 valence electrons. The number of hydrogen-bond donors (Lipinski definition) is 2. The van der Waals surface area contributed by atoms with Crippen LogP contribution in [-0.4, -0.2) is 27.9 Å². The summed E-state index contributed by atoms with van der Waals surface area (Å²) in [5.41, 5.74) is -0.0968. The summed E-state index contributed by atoms with van der Waals surface area (Å²) in [4.78, 5) is 27.5. The minimum atomic E-state index is -1.37. The van der Waals surface area contributed by atoms with Gasteiger partial charge < -0.3 is 15.1 Å². The number of aliphatic carboxylic acids is 1. The summed E-state index contributed by atoms with van der Waals surface area (Å²) >= 11 is 0. The lowest BCUT2D eigenvalue weighted by Gasteiger charge is -2.02. The van der Waals surface area contributed by atoms with Gasteiger partial charge in [-0.25, -0.2) is 9.59 Å². The molecule has 0 aliphatic heterocycles. The third-order valence-corrected chi connectivity index (χ3v) is 2.55. The molecule has 2 N–H and O–H groups in total. The number of carboxylic acid groups (broad SMARTS) is 1. The van der Waals surface area contributed by atoms with E-state index in [1.807, 2.05) is 0 Å². The summed E-state index contributed by atoms with van der Waals surface area (Å²) < 4.78 is 0. The largest absolute Gasteiger partial charge is 0.508 e. The Balaban J connectivity index is 2.23. The topological polar surface area (TPSA) is 96.2 Å². The van der Waals surface area contributed by atoms with Gasteiger partial charge in [-0.3, -0.25) is 0 Å².